The Labute approximate surface area is 154 Å². The van der Waals surface area contributed by atoms with E-state index in [4.69, 9.17) is 11.6 Å². The molecule has 6 heteroatoms. The van der Waals surface area contributed by atoms with Crippen molar-refractivity contribution in [3.63, 3.8) is 0 Å². The van der Waals surface area contributed by atoms with Gasteiger partial charge in [0.25, 0.3) is 0 Å². The summed E-state index contributed by atoms with van der Waals surface area (Å²) in [5.74, 6) is 0.543. The van der Waals surface area contributed by atoms with Crippen LogP contribution in [-0.4, -0.2) is 31.2 Å². The van der Waals surface area contributed by atoms with E-state index >= 15 is 0 Å². The fraction of sp³-hybridized carbons (Fsp3) is 0.263. The summed E-state index contributed by atoms with van der Waals surface area (Å²) in [4.78, 5) is 0. The largest absolute Gasteiger partial charge is 0.305 e. The van der Waals surface area contributed by atoms with E-state index in [9.17, 15) is 8.42 Å². The van der Waals surface area contributed by atoms with Gasteiger partial charge in [-0.05, 0) is 29.7 Å². The monoisotopic (exact) mass is 376 g/mol. The number of anilines is 1. The Morgan fingerprint density at radius 3 is 2.36 bits per heavy atom. The van der Waals surface area contributed by atoms with E-state index in [0.29, 0.717) is 24.7 Å². The van der Waals surface area contributed by atoms with Crippen molar-refractivity contribution in [2.24, 2.45) is 0 Å². The van der Waals surface area contributed by atoms with Crippen molar-refractivity contribution in [1.29, 1.82) is 0 Å². The summed E-state index contributed by atoms with van der Waals surface area (Å²) in [5, 5.41) is 0. The summed E-state index contributed by atoms with van der Waals surface area (Å²) < 4.78 is 29.1. The van der Waals surface area contributed by atoms with Gasteiger partial charge in [0.2, 0.25) is 0 Å². The quantitative estimate of drug-likeness (QED) is 0.571. The molecule has 0 aliphatic carbocycles. The lowest BCUT2D eigenvalue weighted by Crippen LogP contribution is -2.35. The van der Waals surface area contributed by atoms with Gasteiger partial charge in [-0.3, -0.25) is 0 Å². The van der Waals surface area contributed by atoms with Crippen molar-refractivity contribution in [2.75, 3.05) is 16.7 Å². The molecule has 1 saturated heterocycles. The minimum absolute atomic E-state index is 0.285. The van der Waals surface area contributed by atoms with Crippen molar-refractivity contribution < 1.29 is 8.42 Å². The van der Waals surface area contributed by atoms with Gasteiger partial charge in [-0.15, -0.1) is 18.2 Å². The standard InChI is InChI=1S/C19H21ClN2O2S/c1-2-18-15-21(14-17-6-4-3-5-7-17)25(23,24)22(18)19-10-8-16(9-11-19)12-13-20/h2-11,18H,1,12-15H2. The van der Waals surface area contributed by atoms with Crippen molar-refractivity contribution in [2.45, 2.75) is 19.0 Å². The molecule has 0 N–H and O–H groups in total. The summed E-state index contributed by atoms with van der Waals surface area (Å²) >= 11 is 5.76. The first-order chi connectivity index (χ1) is 12.1. The van der Waals surface area contributed by atoms with Crippen molar-refractivity contribution in [3.8, 4) is 0 Å². The predicted octanol–water partition coefficient (Wildman–Crippen LogP) is 3.59. The van der Waals surface area contributed by atoms with E-state index in [1.165, 1.54) is 8.61 Å². The van der Waals surface area contributed by atoms with Crippen LogP contribution < -0.4 is 4.31 Å². The molecule has 0 bridgehead atoms. The third-order valence-electron chi connectivity index (χ3n) is 4.31. The number of aryl methyl sites for hydroxylation is 1. The summed E-state index contributed by atoms with van der Waals surface area (Å²) in [6, 6.07) is 16.8. The Morgan fingerprint density at radius 1 is 1.08 bits per heavy atom. The van der Waals surface area contributed by atoms with Crippen LogP contribution in [0.3, 0.4) is 0 Å². The van der Waals surface area contributed by atoms with Crippen LogP contribution in [0.25, 0.3) is 0 Å². The van der Waals surface area contributed by atoms with Gasteiger partial charge >= 0.3 is 10.2 Å². The lowest BCUT2D eigenvalue weighted by atomic mass is 10.1. The molecule has 4 nitrogen and oxygen atoms in total. The molecule has 1 heterocycles. The average Bonchev–Trinajstić information content (AvgIpc) is 2.87. The molecule has 0 radical (unpaired) electrons. The van der Waals surface area contributed by atoms with Crippen LogP contribution in [0.5, 0.6) is 0 Å². The van der Waals surface area contributed by atoms with Crippen LogP contribution in [0.15, 0.2) is 67.3 Å². The molecule has 1 aliphatic rings. The maximum atomic E-state index is 13.1. The zero-order chi connectivity index (χ0) is 17.9. The first-order valence-electron chi connectivity index (χ1n) is 8.17. The van der Waals surface area contributed by atoms with E-state index < -0.39 is 10.2 Å². The van der Waals surface area contributed by atoms with E-state index in [2.05, 4.69) is 6.58 Å². The second-order valence-electron chi connectivity index (χ2n) is 5.99. The van der Waals surface area contributed by atoms with Crippen molar-refractivity contribution in [3.05, 3.63) is 78.4 Å². The molecule has 25 heavy (non-hydrogen) atoms. The van der Waals surface area contributed by atoms with Gasteiger partial charge in [0.05, 0.1) is 11.7 Å². The van der Waals surface area contributed by atoms with Crippen LogP contribution in [0.2, 0.25) is 0 Å². The van der Waals surface area contributed by atoms with Gasteiger partial charge in [0.1, 0.15) is 0 Å². The first kappa shape index (κ1) is 18.0. The Kier molecular flexibility index (Phi) is 5.47. The van der Waals surface area contributed by atoms with Crippen molar-refractivity contribution in [1.82, 2.24) is 4.31 Å². The first-order valence-corrected chi connectivity index (χ1v) is 10.1. The molecule has 0 aromatic heterocycles. The molecule has 2 aromatic carbocycles. The maximum absolute atomic E-state index is 13.1. The molecular weight excluding hydrogens is 356 g/mol. The van der Waals surface area contributed by atoms with Crippen LogP contribution in [0, 0.1) is 0 Å². The van der Waals surface area contributed by atoms with Gasteiger partial charge in [0, 0.05) is 19.0 Å². The highest BCUT2D eigenvalue weighted by atomic mass is 35.5. The van der Waals surface area contributed by atoms with Crippen LogP contribution in [0.1, 0.15) is 11.1 Å². The minimum atomic E-state index is -3.60. The van der Waals surface area contributed by atoms with E-state index in [0.717, 1.165) is 17.5 Å². The number of halogens is 1. The minimum Gasteiger partial charge on any atom is -0.249 e. The van der Waals surface area contributed by atoms with Crippen LogP contribution >= 0.6 is 11.6 Å². The van der Waals surface area contributed by atoms with E-state index in [1.807, 2.05) is 54.6 Å². The molecule has 0 spiro atoms. The highest BCUT2D eigenvalue weighted by molar-refractivity contribution is 7.90. The molecule has 1 aliphatic heterocycles. The third-order valence-corrected chi connectivity index (χ3v) is 6.41. The second-order valence-corrected chi connectivity index (χ2v) is 8.17. The topological polar surface area (TPSA) is 40.6 Å². The number of nitrogens with zero attached hydrogens (tertiary/aromatic N) is 2. The number of hydrogen-bond donors (Lipinski definition) is 0. The third kappa shape index (κ3) is 3.73. The Bertz CT molecular complexity index is 822. The molecule has 3 rings (SSSR count). The molecule has 1 unspecified atom stereocenters. The highest BCUT2D eigenvalue weighted by Crippen LogP contribution is 2.31. The lowest BCUT2D eigenvalue weighted by molar-refractivity contribution is 0.436. The van der Waals surface area contributed by atoms with Crippen LogP contribution in [0.4, 0.5) is 5.69 Å². The normalized spacial score (nSPS) is 19.9. The molecule has 0 saturated carbocycles. The Balaban J connectivity index is 1.88. The van der Waals surface area contributed by atoms with E-state index in [-0.39, 0.29) is 6.04 Å². The van der Waals surface area contributed by atoms with Gasteiger partial charge in [-0.25, -0.2) is 4.31 Å². The summed E-state index contributed by atoms with van der Waals surface area (Å²) in [6.45, 7) is 4.57. The van der Waals surface area contributed by atoms with Gasteiger partial charge in [0.15, 0.2) is 0 Å². The summed E-state index contributed by atoms with van der Waals surface area (Å²) in [5.41, 5.74) is 2.71. The number of rotatable bonds is 6. The zero-order valence-electron chi connectivity index (χ0n) is 13.9. The number of hydrogen-bond acceptors (Lipinski definition) is 2. The molecule has 1 fully saturated rings. The molecule has 132 valence electrons. The Hall–Kier alpha value is -1.82. The fourth-order valence-corrected chi connectivity index (χ4v) is 5.02. The van der Waals surface area contributed by atoms with Gasteiger partial charge < -0.3 is 0 Å². The Morgan fingerprint density at radius 2 is 1.76 bits per heavy atom. The molecule has 1 atom stereocenters. The average molecular weight is 377 g/mol. The number of alkyl halides is 1. The number of benzene rings is 2. The summed E-state index contributed by atoms with van der Waals surface area (Å²) in [6.07, 6.45) is 2.45. The summed E-state index contributed by atoms with van der Waals surface area (Å²) in [7, 11) is -3.60. The van der Waals surface area contributed by atoms with Gasteiger partial charge in [-0.2, -0.15) is 12.7 Å². The lowest BCUT2D eigenvalue weighted by Gasteiger charge is -2.23. The SMILES string of the molecule is C=CC1CN(Cc2ccccc2)S(=O)(=O)N1c1ccc(CCCl)cc1. The molecule has 0 amide bonds. The zero-order valence-corrected chi connectivity index (χ0v) is 15.5. The van der Waals surface area contributed by atoms with Gasteiger partial charge in [-0.1, -0.05) is 48.5 Å². The van der Waals surface area contributed by atoms with Crippen LogP contribution in [-0.2, 0) is 23.2 Å². The molecule has 2 aromatic rings. The smallest absolute Gasteiger partial charge is 0.249 e. The maximum Gasteiger partial charge on any atom is 0.305 e. The van der Waals surface area contributed by atoms with Crippen molar-refractivity contribution >= 4 is 27.5 Å². The second kappa shape index (κ2) is 7.60. The fourth-order valence-electron chi connectivity index (χ4n) is 3.02. The van der Waals surface area contributed by atoms with E-state index in [1.54, 1.807) is 6.08 Å². The highest BCUT2D eigenvalue weighted by Gasteiger charge is 2.42. The molecular formula is C19H21ClN2O2S. The predicted molar refractivity (Wildman–Crippen MR) is 103 cm³/mol.